The predicted molar refractivity (Wildman–Crippen MR) is 90.6 cm³/mol. The van der Waals surface area contributed by atoms with Crippen LogP contribution in [-0.4, -0.2) is 6.54 Å². The maximum absolute atomic E-state index is 6.47. The third-order valence-electron chi connectivity index (χ3n) is 3.89. The largest absolute Gasteiger partial charge is 0.310 e. The van der Waals surface area contributed by atoms with Crippen molar-refractivity contribution < 1.29 is 0 Å². The molecule has 1 atom stereocenters. The molecule has 0 amide bonds. The van der Waals surface area contributed by atoms with Crippen molar-refractivity contribution in [3.8, 4) is 0 Å². The Morgan fingerprint density at radius 3 is 2.45 bits per heavy atom. The minimum Gasteiger partial charge on any atom is -0.310 e. The molecule has 1 aromatic rings. The van der Waals surface area contributed by atoms with E-state index in [2.05, 4.69) is 44.3 Å². The van der Waals surface area contributed by atoms with E-state index < -0.39 is 0 Å². The summed E-state index contributed by atoms with van der Waals surface area (Å²) in [6, 6.07) is 6.76. The van der Waals surface area contributed by atoms with E-state index in [-0.39, 0.29) is 0 Å². The predicted octanol–water partition coefficient (Wildman–Crippen LogP) is 6.05. The molecular weight excluding hydrogens is 266 g/mol. The molecule has 0 aliphatic heterocycles. The van der Waals surface area contributed by atoms with Gasteiger partial charge in [-0.1, -0.05) is 82.2 Å². The molecule has 0 spiro atoms. The lowest BCUT2D eigenvalue weighted by Gasteiger charge is -2.20. The summed E-state index contributed by atoms with van der Waals surface area (Å²) in [5.74, 6) is 0. The number of benzene rings is 1. The van der Waals surface area contributed by atoms with Gasteiger partial charge in [0, 0.05) is 11.1 Å². The molecular formula is C18H30ClN. The van der Waals surface area contributed by atoms with Gasteiger partial charge in [0.1, 0.15) is 0 Å². The number of aryl methyl sites for hydroxylation is 1. The van der Waals surface area contributed by atoms with Crippen LogP contribution < -0.4 is 5.32 Å². The fraction of sp³-hybridized carbons (Fsp3) is 0.667. The number of hydrogen-bond donors (Lipinski definition) is 1. The molecule has 1 rings (SSSR count). The molecule has 0 aliphatic carbocycles. The Kier molecular flexibility index (Phi) is 8.97. The van der Waals surface area contributed by atoms with Gasteiger partial charge < -0.3 is 5.32 Å². The molecule has 20 heavy (non-hydrogen) atoms. The summed E-state index contributed by atoms with van der Waals surface area (Å²) in [4.78, 5) is 0. The van der Waals surface area contributed by atoms with E-state index in [0.717, 1.165) is 11.6 Å². The summed E-state index contributed by atoms with van der Waals surface area (Å²) in [6.45, 7) is 7.50. The molecule has 0 fully saturated rings. The zero-order valence-corrected chi connectivity index (χ0v) is 14.1. The summed E-state index contributed by atoms with van der Waals surface area (Å²) in [5.41, 5.74) is 2.44. The first-order valence-electron chi connectivity index (χ1n) is 8.19. The van der Waals surface area contributed by atoms with Crippen molar-refractivity contribution >= 4 is 11.6 Å². The van der Waals surface area contributed by atoms with Gasteiger partial charge in [-0.25, -0.2) is 0 Å². The van der Waals surface area contributed by atoms with Gasteiger partial charge >= 0.3 is 0 Å². The van der Waals surface area contributed by atoms with Gasteiger partial charge in [-0.2, -0.15) is 0 Å². The standard InChI is InChI=1S/C18H30ClN/c1-4-6-7-8-9-10-14-17(20-5-2)16-13-11-12-15(3)18(16)19/h11-13,17,20H,4-10,14H2,1-3H3. The second-order valence-electron chi connectivity index (χ2n) is 5.64. The van der Waals surface area contributed by atoms with Crippen LogP contribution in [0.4, 0.5) is 0 Å². The molecule has 2 heteroatoms. The smallest absolute Gasteiger partial charge is 0.0482 e. The highest BCUT2D eigenvalue weighted by atomic mass is 35.5. The molecule has 0 radical (unpaired) electrons. The second kappa shape index (κ2) is 10.2. The van der Waals surface area contributed by atoms with E-state index in [1.165, 1.54) is 56.1 Å². The lowest BCUT2D eigenvalue weighted by molar-refractivity contribution is 0.477. The van der Waals surface area contributed by atoms with Crippen LogP contribution in [0.5, 0.6) is 0 Å². The number of rotatable bonds is 10. The molecule has 0 heterocycles. The van der Waals surface area contributed by atoms with E-state index in [9.17, 15) is 0 Å². The molecule has 0 saturated heterocycles. The van der Waals surface area contributed by atoms with Crippen LogP contribution in [0, 0.1) is 6.92 Å². The van der Waals surface area contributed by atoms with Gasteiger partial charge in [-0.3, -0.25) is 0 Å². The average Bonchev–Trinajstić information content (AvgIpc) is 2.45. The van der Waals surface area contributed by atoms with Crippen LogP contribution in [0.3, 0.4) is 0 Å². The van der Waals surface area contributed by atoms with Crippen molar-refractivity contribution in [3.63, 3.8) is 0 Å². The van der Waals surface area contributed by atoms with E-state index in [1.54, 1.807) is 0 Å². The molecule has 0 aromatic heterocycles. The van der Waals surface area contributed by atoms with Crippen molar-refractivity contribution in [2.75, 3.05) is 6.54 Å². The maximum Gasteiger partial charge on any atom is 0.0482 e. The van der Waals surface area contributed by atoms with Crippen LogP contribution in [0.2, 0.25) is 5.02 Å². The fourth-order valence-electron chi connectivity index (χ4n) is 2.68. The molecule has 0 saturated carbocycles. The minimum atomic E-state index is 0.401. The Morgan fingerprint density at radius 1 is 1.05 bits per heavy atom. The lowest BCUT2D eigenvalue weighted by atomic mass is 9.98. The van der Waals surface area contributed by atoms with Crippen LogP contribution in [0.25, 0.3) is 0 Å². The van der Waals surface area contributed by atoms with Gasteiger partial charge in [0.25, 0.3) is 0 Å². The number of unbranched alkanes of at least 4 members (excludes halogenated alkanes) is 5. The second-order valence-corrected chi connectivity index (χ2v) is 6.02. The molecule has 0 bridgehead atoms. The van der Waals surface area contributed by atoms with Crippen LogP contribution in [0.1, 0.15) is 76.0 Å². The minimum absolute atomic E-state index is 0.401. The quantitative estimate of drug-likeness (QED) is 0.518. The molecule has 0 aliphatic rings. The molecule has 1 N–H and O–H groups in total. The highest BCUT2D eigenvalue weighted by Crippen LogP contribution is 2.29. The first-order chi connectivity index (χ1) is 9.70. The molecule has 1 nitrogen and oxygen atoms in total. The molecule has 114 valence electrons. The van der Waals surface area contributed by atoms with E-state index in [4.69, 9.17) is 11.6 Å². The number of hydrogen-bond acceptors (Lipinski definition) is 1. The van der Waals surface area contributed by atoms with E-state index >= 15 is 0 Å². The zero-order valence-electron chi connectivity index (χ0n) is 13.3. The van der Waals surface area contributed by atoms with Crippen molar-refractivity contribution in [1.29, 1.82) is 0 Å². The zero-order chi connectivity index (χ0) is 14.8. The fourth-order valence-corrected chi connectivity index (χ4v) is 2.94. The average molecular weight is 296 g/mol. The highest BCUT2D eigenvalue weighted by Gasteiger charge is 2.14. The summed E-state index contributed by atoms with van der Waals surface area (Å²) < 4.78 is 0. The summed E-state index contributed by atoms with van der Waals surface area (Å²) >= 11 is 6.47. The van der Waals surface area contributed by atoms with Crippen molar-refractivity contribution in [2.45, 2.75) is 71.8 Å². The Bertz CT molecular complexity index is 376. The van der Waals surface area contributed by atoms with Crippen LogP contribution in [-0.2, 0) is 0 Å². The Hall–Kier alpha value is -0.530. The van der Waals surface area contributed by atoms with Gasteiger partial charge in [0.15, 0.2) is 0 Å². The highest BCUT2D eigenvalue weighted by molar-refractivity contribution is 6.32. The third-order valence-corrected chi connectivity index (χ3v) is 4.41. The Balaban J connectivity index is 2.49. The van der Waals surface area contributed by atoms with Gasteiger partial charge in [-0.05, 0) is 31.0 Å². The van der Waals surface area contributed by atoms with Gasteiger partial charge in [0.2, 0.25) is 0 Å². The SMILES string of the molecule is CCCCCCCCC(NCC)c1cccc(C)c1Cl. The van der Waals surface area contributed by atoms with Crippen LogP contribution in [0.15, 0.2) is 18.2 Å². The van der Waals surface area contributed by atoms with Crippen molar-refractivity contribution in [1.82, 2.24) is 5.32 Å². The summed E-state index contributed by atoms with van der Waals surface area (Å²) in [6.07, 6.45) is 9.25. The molecule has 1 unspecified atom stereocenters. The maximum atomic E-state index is 6.47. The monoisotopic (exact) mass is 295 g/mol. The first-order valence-corrected chi connectivity index (χ1v) is 8.56. The van der Waals surface area contributed by atoms with Crippen LogP contribution >= 0.6 is 11.6 Å². The topological polar surface area (TPSA) is 12.0 Å². The van der Waals surface area contributed by atoms with Gasteiger partial charge in [0.05, 0.1) is 0 Å². The number of halogens is 1. The number of nitrogens with one attached hydrogen (secondary N) is 1. The summed E-state index contributed by atoms with van der Waals surface area (Å²) in [7, 11) is 0. The Labute approximate surface area is 130 Å². The Morgan fingerprint density at radius 2 is 1.75 bits per heavy atom. The van der Waals surface area contributed by atoms with Crippen molar-refractivity contribution in [2.24, 2.45) is 0 Å². The molecule has 1 aromatic carbocycles. The van der Waals surface area contributed by atoms with E-state index in [0.29, 0.717) is 6.04 Å². The summed E-state index contributed by atoms with van der Waals surface area (Å²) in [5, 5.41) is 4.52. The first kappa shape index (κ1) is 17.5. The van der Waals surface area contributed by atoms with Gasteiger partial charge in [-0.15, -0.1) is 0 Å². The lowest BCUT2D eigenvalue weighted by Crippen LogP contribution is -2.21. The third kappa shape index (κ3) is 5.85. The van der Waals surface area contributed by atoms with Crippen molar-refractivity contribution in [3.05, 3.63) is 34.3 Å². The normalized spacial score (nSPS) is 12.6. The van der Waals surface area contributed by atoms with E-state index in [1.807, 2.05) is 0 Å².